The Bertz CT molecular complexity index is 769. The van der Waals surface area contributed by atoms with Crippen LogP contribution in [0.4, 0.5) is 20.7 Å². The first-order chi connectivity index (χ1) is 14.1. The lowest BCUT2D eigenvalue weighted by atomic mass is 9.96. The zero-order valence-corrected chi connectivity index (χ0v) is 17.8. The molecule has 30 heavy (non-hydrogen) atoms. The highest BCUT2D eigenvalue weighted by atomic mass is 19.1. The third kappa shape index (κ3) is 5.78. The highest BCUT2D eigenvalue weighted by molar-refractivity contribution is 5.68. The number of carbonyl (C=O) groups excluding carboxylic acids is 1. The van der Waals surface area contributed by atoms with Crippen LogP contribution in [0.15, 0.2) is 12.3 Å². The third-order valence-corrected chi connectivity index (χ3v) is 5.47. The second-order valence-electron chi connectivity index (χ2n) is 8.95. The van der Waals surface area contributed by atoms with E-state index in [2.05, 4.69) is 9.88 Å². The van der Waals surface area contributed by atoms with Crippen LogP contribution in [0.2, 0.25) is 0 Å². The molecule has 3 rings (SSSR count). The number of anilines is 1. The number of hydrogen-bond donors (Lipinski definition) is 0. The summed E-state index contributed by atoms with van der Waals surface area (Å²) < 4.78 is 19.6. The quantitative estimate of drug-likeness (QED) is 0.543. The summed E-state index contributed by atoms with van der Waals surface area (Å²) in [5, 5.41) is 10.7. The number of nitro groups is 1. The van der Waals surface area contributed by atoms with Gasteiger partial charge < -0.3 is 14.5 Å². The zero-order chi connectivity index (χ0) is 21.9. The largest absolute Gasteiger partial charge is 0.444 e. The van der Waals surface area contributed by atoms with E-state index in [0.717, 1.165) is 44.7 Å². The van der Waals surface area contributed by atoms with E-state index in [-0.39, 0.29) is 17.6 Å². The van der Waals surface area contributed by atoms with E-state index in [1.165, 1.54) is 0 Å². The minimum absolute atomic E-state index is 0.172. The van der Waals surface area contributed by atoms with E-state index in [0.29, 0.717) is 32.1 Å². The molecule has 1 amide bonds. The fourth-order valence-electron chi connectivity index (χ4n) is 3.89. The molecule has 166 valence electrons. The molecule has 2 saturated heterocycles. The minimum Gasteiger partial charge on any atom is -0.444 e. The summed E-state index contributed by atoms with van der Waals surface area (Å²) in [6, 6.07) is 0.924. The lowest BCUT2D eigenvalue weighted by molar-refractivity contribution is -0.385. The Morgan fingerprint density at radius 1 is 1.23 bits per heavy atom. The first-order valence-corrected chi connectivity index (χ1v) is 10.4. The first kappa shape index (κ1) is 22.2. The number of rotatable bonds is 4. The third-order valence-electron chi connectivity index (χ3n) is 5.47. The van der Waals surface area contributed by atoms with Crippen molar-refractivity contribution in [3.63, 3.8) is 0 Å². The van der Waals surface area contributed by atoms with Gasteiger partial charge in [-0.1, -0.05) is 0 Å². The number of aromatic nitrogens is 1. The van der Waals surface area contributed by atoms with Gasteiger partial charge in [-0.3, -0.25) is 15.0 Å². The van der Waals surface area contributed by atoms with Crippen LogP contribution in [0.5, 0.6) is 0 Å². The van der Waals surface area contributed by atoms with Crippen LogP contribution in [0, 0.1) is 21.8 Å². The van der Waals surface area contributed by atoms with Gasteiger partial charge in [0.25, 0.3) is 5.69 Å². The number of likely N-dealkylation sites (tertiary alicyclic amines) is 1. The van der Waals surface area contributed by atoms with Crippen molar-refractivity contribution >= 4 is 17.6 Å². The van der Waals surface area contributed by atoms with Crippen LogP contribution >= 0.6 is 0 Å². The van der Waals surface area contributed by atoms with Gasteiger partial charge in [-0.2, -0.15) is 0 Å². The molecule has 2 fully saturated rings. The van der Waals surface area contributed by atoms with Crippen LogP contribution in [0.3, 0.4) is 0 Å². The van der Waals surface area contributed by atoms with E-state index >= 15 is 0 Å². The fourth-order valence-corrected chi connectivity index (χ4v) is 3.89. The van der Waals surface area contributed by atoms with Crippen LogP contribution in [-0.2, 0) is 4.74 Å². The molecule has 9 nitrogen and oxygen atoms in total. The predicted octanol–water partition coefficient (Wildman–Crippen LogP) is 2.90. The maximum Gasteiger partial charge on any atom is 0.410 e. The van der Waals surface area contributed by atoms with Gasteiger partial charge in [-0.25, -0.2) is 14.2 Å². The van der Waals surface area contributed by atoms with Gasteiger partial charge >= 0.3 is 6.09 Å². The number of hydrogen-bond acceptors (Lipinski definition) is 7. The lowest BCUT2D eigenvalue weighted by Crippen LogP contribution is -2.49. The lowest BCUT2D eigenvalue weighted by Gasteiger charge is -2.39. The van der Waals surface area contributed by atoms with Crippen molar-refractivity contribution in [1.82, 2.24) is 14.8 Å². The molecule has 0 spiro atoms. The van der Waals surface area contributed by atoms with E-state index in [1.807, 2.05) is 25.7 Å². The topological polar surface area (TPSA) is 92.1 Å². The number of nitrogens with zero attached hydrogens (tertiary/aromatic N) is 5. The molecule has 1 aromatic heterocycles. The Hall–Kier alpha value is -2.49. The SMILES string of the molecule is CC(C)(C)OC(=O)N1CCC(CN2CCN(c3ncc([N+](=O)[O-])cc3F)CC2)CC1. The molecule has 0 atom stereocenters. The second kappa shape index (κ2) is 9.11. The summed E-state index contributed by atoms with van der Waals surface area (Å²) in [4.78, 5) is 32.2. The van der Waals surface area contributed by atoms with E-state index in [9.17, 15) is 19.3 Å². The van der Waals surface area contributed by atoms with E-state index in [1.54, 1.807) is 4.90 Å². The number of carbonyl (C=O) groups is 1. The summed E-state index contributed by atoms with van der Waals surface area (Å²) in [5.74, 6) is 0.0301. The van der Waals surface area contributed by atoms with Crippen LogP contribution in [0.25, 0.3) is 0 Å². The Kier molecular flexibility index (Phi) is 6.74. The van der Waals surface area contributed by atoms with Crippen LogP contribution < -0.4 is 4.90 Å². The molecule has 0 bridgehead atoms. The smallest absolute Gasteiger partial charge is 0.410 e. The summed E-state index contributed by atoms with van der Waals surface area (Å²) in [5.41, 5.74) is -0.821. The van der Waals surface area contributed by atoms with Crippen molar-refractivity contribution in [3.05, 3.63) is 28.2 Å². The van der Waals surface area contributed by atoms with Gasteiger partial charge in [0.05, 0.1) is 11.0 Å². The number of piperazine rings is 1. The van der Waals surface area contributed by atoms with Crippen molar-refractivity contribution in [2.45, 2.75) is 39.2 Å². The average Bonchev–Trinajstić information content (AvgIpc) is 2.68. The second-order valence-corrected chi connectivity index (χ2v) is 8.95. The highest BCUT2D eigenvalue weighted by Crippen LogP contribution is 2.24. The normalized spacial score (nSPS) is 19.1. The van der Waals surface area contributed by atoms with Gasteiger partial charge in [0.2, 0.25) is 0 Å². The Balaban J connectivity index is 1.44. The molecule has 2 aliphatic heterocycles. The number of pyridine rings is 1. The predicted molar refractivity (Wildman–Crippen MR) is 110 cm³/mol. The molecule has 0 aromatic carbocycles. The van der Waals surface area contributed by atoms with Crippen molar-refractivity contribution in [2.75, 3.05) is 50.7 Å². The van der Waals surface area contributed by atoms with Gasteiger partial charge in [-0.05, 0) is 39.5 Å². The zero-order valence-electron chi connectivity index (χ0n) is 17.8. The summed E-state index contributed by atoms with van der Waals surface area (Å²) >= 11 is 0. The number of amides is 1. The maximum atomic E-state index is 14.2. The van der Waals surface area contributed by atoms with Crippen molar-refractivity contribution in [3.8, 4) is 0 Å². The summed E-state index contributed by atoms with van der Waals surface area (Å²) in [6.45, 7) is 10.8. The van der Waals surface area contributed by atoms with Gasteiger partial charge in [0.1, 0.15) is 11.8 Å². The number of ether oxygens (including phenoxy) is 1. The molecule has 0 saturated carbocycles. The molecule has 0 unspecified atom stereocenters. The molecular formula is C20H30FN5O4. The molecule has 10 heteroatoms. The summed E-state index contributed by atoms with van der Waals surface area (Å²) in [7, 11) is 0. The monoisotopic (exact) mass is 423 g/mol. The van der Waals surface area contributed by atoms with Crippen LogP contribution in [-0.4, -0.2) is 77.2 Å². The number of halogens is 1. The molecular weight excluding hydrogens is 393 g/mol. The van der Waals surface area contributed by atoms with Crippen molar-refractivity contribution in [2.24, 2.45) is 5.92 Å². The van der Waals surface area contributed by atoms with Crippen molar-refractivity contribution in [1.29, 1.82) is 0 Å². The maximum absolute atomic E-state index is 14.2. The molecule has 3 heterocycles. The Morgan fingerprint density at radius 2 is 1.87 bits per heavy atom. The minimum atomic E-state index is -0.660. The van der Waals surface area contributed by atoms with Crippen molar-refractivity contribution < 1.29 is 18.8 Å². The van der Waals surface area contributed by atoms with E-state index in [4.69, 9.17) is 4.74 Å². The average molecular weight is 423 g/mol. The molecule has 2 aliphatic rings. The highest BCUT2D eigenvalue weighted by Gasteiger charge is 2.29. The number of piperidine rings is 1. The Labute approximate surface area is 175 Å². The van der Waals surface area contributed by atoms with Gasteiger partial charge in [0.15, 0.2) is 11.6 Å². The molecule has 0 N–H and O–H groups in total. The summed E-state index contributed by atoms with van der Waals surface area (Å²) in [6.07, 6.45) is 2.74. The first-order valence-electron chi connectivity index (χ1n) is 10.4. The standard InChI is InChI=1S/C20H30FN5O4/c1-20(2,3)30-19(27)25-6-4-15(5-7-25)14-23-8-10-24(11-9-23)18-17(21)12-16(13-22-18)26(28)29/h12-13,15H,4-11,14H2,1-3H3. The van der Waals surface area contributed by atoms with Gasteiger partial charge in [0, 0.05) is 45.8 Å². The fraction of sp³-hybridized carbons (Fsp3) is 0.700. The van der Waals surface area contributed by atoms with Crippen LogP contribution in [0.1, 0.15) is 33.6 Å². The van der Waals surface area contributed by atoms with Gasteiger partial charge in [-0.15, -0.1) is 0 Å². The molecule has 1 aromatic rings. The van der Waals surface area contributed by atoms with E-state index < -0.39 is 16.3 Å². The Morgan fingerprint density at radius 3 is 2.40 bits per heavy atom. The molecule has 0 aliphatic carbocycles. The molecule has 0 radical (unpaired) electrons.